The SMILES string of the molecule is CCCOCC1CCCCC1CN. The van der Waals surface area contributed by atoms with Crippen LogP contribution in [0.3, 0.4) is 0 Å². The van der Waals surface area contributed by atoms with Gasteiger partial charge in [-0.15, -0.1) is 0 Å². The van der Waals surface area contributed by atoms with E-state index in [2.05, 4.69) is 6.92 Å². The maximum absolute atomic E-state index is 5.74. The summed E-state index contributed by atoms with van der Waals surface area (Å²) in [6.45, 7) is 4.85. The molecular formula is C11H23NO. The third-order valence-corrected chi connectivity index (χ3v) is 3.05. The molecule has 1 fully saturated rings. The minimum absolute atomic E-state index is 0.727. The van der Waals surface area contributed by atoms with Crippen LogP contribution in [0.2, 0.25) is 0 Å². The van der Waals surface area contributed by atoms with Crippen molar-refractivity contribution in [3.05, 3.63) is 0 Å². The molecule has 2 atom stereocenters. The molecule has 2 unspecified atom stereocenters. The largest absolute Gasteiger partial charge is 0.381 e. The predicted octanol–water partition coefficient (Wildman–Crippen LogP) is 2.18. The Bertz CT molecular complexity index is 127. The molecule has 1 saturated carbocycles. The third kappa shape index (κ3) is 3.65. The molecule has 2 heteroatoms. The quantitative estimate of drug-likeness (QED) is 0.666. The van der Waals surface area contributed by atoms with Crippen molar-refractivity contribution >= 4 is 0 Å². The van der Waals surface area contributed by atoms with Gasteiger partial charge < -0.3 is 10.5 Å². The first kappa shape index (κ1) is 11.0. The van der Waals surface area contributed by atoms with Gasteiger partial charge in [0.25, 0.3) is 0 Å². The molecule has 0 spiro atoms. The van der Waals surface area contributed by atoms with Crippen LogP contribution in [0.5, 0.6) is 0 Å². The molecule has 1 aliphatic carbocycles. The van der Waals surface area contributed by atoms with Crippen molar-refractivity contribution in [1.82, 2.24) is 0 Å². The molecule has 1 rings (SSSR count). The second-order valence-electron chi connectivity index (χ2n) is 4.12. The standard InChI is InChI=1S/C11H23NO/c1-2-7-13-9-11-6-4-3-5-10(11)8-12/h10-11H,2-9,12H2,1H3. The van der Waals surface area contributed by atoms with Gasteiger partial charge in [0.1, 0.15) is 0 Å². The molecule has 0 aromatic heterocycles. The Morgan fingerprint density at radius 2 is 1.92 bits per heavy atom. The average molecular weight is 185 g/mol. The summed E-state index contributed by atoms with van der Waals surface area (Å²) in [6.07, 6.45) is 6.51. The highest BCUT2D eigenvalue weighted by atomic mass is 16.5. The number of hydrogen-bond donors (Lipinski definition) is 1. The summed E-state index contributed by atoms with van der Waals surface area (Å²) >= 11 is 0. The maximum atomic E-state index is 5.74. The molecule has 0 aromatic rings. The van der Waals surface area contributed by atoms with E-state index in [1.165, 1.54) is 25.7 Å². The lowest BCUT2D eigenvalue weighted by atomic mass is 9.80. The minimum atomic E-state index is 0.727. The van der Waals surface area contributed by atoms with Crippen LogP contribution in [0.15, 0.2) is 0 Å². The summed E-state index contributed by atoms with van der Waals surface area (Å²) < 4.78 is 5.60. The molecule has 0 aliphatic heterocycles. The molecule has 0 saturated heterocycles. The predicted molar refractivity (Wildman–Crippen MR) is 55.6 cm³/mol. The van der Waals surface area contributed by atoms with E-state index < -0.39 is 0 Å². The van der Waals surface area contributed by atoms with E-state index in [1.54, 1.807) is 0 Å². The van der Waals surface area contributed by atoms with Gasteiger partial charge in [0, 0.05) is 13.2 Å². The molecule has 0 heterocycles. The van der Waals surface area contributed by atoms with E-state index in [9.17, 15) is 0 Å². The number of rotatable bonds is 5. The first-order chi connectivity index (χ1) is 6.38. The highest BCUT2D eigenvalue weighted by Crippen LogP contribution is 2.29. The summed E-state index contributed by atoms with van der Waals surface area (Å²) in [5.74, 6) is 1.47. The fourth-order valence-electron chi connectivity index (χ4n) is 2.19. The zero-order valence-corrected chi connectivity index (χ0v) is 8.80. The average Bonchev–Trinajstić information content (AvgIpc) is 2.19. The lowest BCUT2D eigenvalue weighted by Crippen LogP contribution is -2.29. The molecule has 0 radical (unpaired) electrons. The Kier molecular flexibility index (Phi) is 5.40. The number of ether oxygens (including phenoxy) is 1. The van der Waals surface area contributed by atoms with Gasteiger partial charge in [-0.05, 0) is 37.6 Å². The third-order valence-electron chi connectivity index (χ3n) is 3.05. The van der Waals surface area contributed by atoms with Crippen molar-refractivity contribution in [2.75, 3.05) is 19.8 Å². The van der Waals surface area contributed by atoms with Crippen LogP contribution in [0.25, 0.3) is 0 Å². The first-order valence-corrected chi connectivity index (χ1v) is 5.66. The van der Waals surface area contributed by atoms with Gasteiger partial charge in [0.2, 0.25) is 0 Å². The van der Waals surface area contributed by atoms with E-state index in [0.717, 1.165) is 38.0 Å². The van der Waals surface area contributed by atoms with Gasteiger partial charge in [-0.1, -0.05) is 19.8 Å². The molecule has 2 N–H and O–H groups in total. The van der Waals surface area contributed by atoms with E-state index in [-0.39, 0.29) is 0 Å². The van der Waals surface area contributed by atoms with Crippen LogP contribution in [-0.2, 0) is 4.74 Å². The number of nitrogens with two attached hydrogens (primary N) is 1. The summed E-state index contributed by atoms with van der Waals surface area (Å²) in [5, 5.41) is 0. The lowest BCUT2D eigenvalue weighted by Gasteiger charge is -2.30. The molecular weight excluding hydrogens is 162 g/mol. The van der Waals surface area contributed by atoms with Crippen molar-refractivity contribution in [2.45, 2.75) is 39.0 Å². The molecule has 1 aliphatic rings. The molecule has 0 aromatic carbocycles. The Morgan fingerprint density at radius 3 is 2.54 bits per heavy atom. The van der Waals surface area contributed by atoms with Crippen molar-refractivity contribution in [3.63, 3.8) is 0 Å². The topological polar surface area (TPSA) is 35.2 Å². The van der Waals surface area contributed by atoms with Crippen LogP contribution >= 0.6 is 0 Å². The highest BCUT2D eigenvalue weighted by Gasteiger charge is 2.23. The monoisotopic (exact) mass is 185 g/mol. The summed E-state index contributed by atoms with van der Waals surface area (Å²) in [5.41, 5.74) is 5.74. The zero-order valence-electron chi connectivity index (χ0n) is 8.80. The lowest BCUT2D eigenvalue weighted by molar-refractivity contribution is 0.0614. The van der Waals surface area contributed by atoms with Crippen molar-refractivity contribution in [1.29, 1.82) is 0 Å². The smallest absolute Gasteiger partial charge is 0.0497 e. The first-order valence-electron chi connectivity index (χ1n) is 5.66. The van der Waals surface area contributed by atoms with Crippen LogP contribution in [0.1, 0.15) is 39.0 Å². The molecule has 0 amide bonds. The Morgan fingerprint density at radius 1 is 1.23 bits per heavy atom. The van der Waals surface area contributed by atoms with Gasteiger partial charge >= 0.3 is 0 Å². The summed E-state index contributed by atoms with van der Waals surface area (Å²) in [7, 11) is 0. The van der Waals surface area contributed by atoms with Crippen molar-refractivity contribution in [2.24, 2.45) is 17.6 Å². The van der Waals surface area contributed by atoms with Gasteiger partial charge in [-0.3, -0.25) is 0 Å². The van der Waals surface area contributed by atoms with Crippen LogP contribution in [-0.4, -0.2) is 19.8 Å². The van der Waals surface area contributed by atoms with Gasteiger partial charge in [-0.25, -0.2) is 0 Å². The molecule has 78 valence electrons. The van der Waals surface area contributed by atoms with Gasteiger partial charge in [-0.2, -0.15) is 0 Å². The molecule has 0 bridgehead atoms. The second kappa shape index (κ2) is 6.39. The summed E-state index contributed by atoms with van der Waals surface area (Å²) in [6, 6.07) is 0. The van der Waals surface area contributed by atoms with E-state index in [4.69, 9.17) is 10.5 Å². The van der Waals surface area contributed by atoms with Crippen molar-refractivity contribution in [3.8, 4) is 0 Å². The normalized spacial score (nSPS) is 29.1. The fraction of sp³-hybridized carbons (Fsp3) is 1.00. The fourth-order valence-corrected chi connectivity index (χ4v) is 2.19. The van der Waals surface area contributed by atoms with Crippen LogP contribution in [0, 0.1) is 11.8 Å². The second-order valence-corrected chi connectivity index (χ2v) is 4.12. The van der Waals surface area contributed by atoms with E-state index in [1.807, 2.05) is 0 Å². The zero-order chi connectivity index (χ0) is 9.52. The summed E-state index contributed by atoms with van der Waals surface area (Å²) in [4.78, 5) is 0. The molecule has 13 heavy (non-hydrogen) atoms. The van der Waals surface area contributed by atoms with E-state index in [0.29, 0.717) is 0 Å². The van der Waals surface area contributed by atoms with Crippen LogP contribution < -0.4 is 5.73 Å². The minimum Gasteiger partial charge on any atom is -0.381 e. The molecule has 2 nitrogen and oxygen atoms in total. The van der Waals surface area contributed by atoms with Crippen LogP contribution in [0.4, 0.5) is 0 Å². The van der Waals surface area contributed by atoms with Crippen molar-refractivity contribution < 1.29 is 4.74 Å². The Hall–Kier alpha value is -0.0800. The Balaban J connectivity index is 2.19. The van der Waals surface area contributed by atoms with Gasteiger partial charge in [0.05, 0.1) is 0 Å². The van der Waals surface area contributed by atoms with E-state index >= 15 is 0 Å². The van der Waals surface area contributed by atoms with Gasteiger partial charge in [0.15, 0.2) is 0 Å². The Labute approximate surface area is 81.8 Å². The number of hydrogen-bond acceptors (Lipinski definition) is 2. The highest BCUT2D eigenvalue weighted by molar-refractivity contribution is 4.75. The maximum Gasteiger partial charge on any atom is 0.0497 e.